The summed E-state index contributed by atoms with van der Waals surface area (Å²) < 4.78 is 21.2. The number of carbonyl (C=O) groups is 1. The Labute approximate surface area is 166 Å². The number of ether oxygens (including phenoxy) is 4. The maximum absolute atomic E-state index is 12.3. The molecule has 1 amide bonds. The quantitative estimate of drug-likeness (QED) is 0.674. The largest absolute Gasteiger partial charge is 0.497 e. The second kappa shape index (κ2) is 10.4. The molecule has 0 saturated heterocycles. The van der Waals surface area contributed by atoms with E-state index in [4.69, 9.17) is 18.9 Å². The Morgan fingerprint density at radius 3 is 2.18 bits per heavy atom. The number of benzene rings is 2. The molecule has 1 N–H and O–H groups in total. The van der Waals surface area contributed by atoms with E-state index in [1.54, 1.807) is 28.4 Å². The van der Waals surface area contributed by atoms with Crippen LogP contribution in [0.2, 0.25) is 0 Å². The number of amides is 1. The molecule has 7 heteroatoms. The van der Waals surface area contributed by atoms with Gasteiger partial charge in [-0.1, -0.05) is 12.1 Å². The number of nitrogens with zero attached hydrogens (tertiary/aromatic N) is 1. The minimum Gasteiger partial charge on any atom is -0.497 e. The Kier molecular flexibility index (Phi) is 7.95. The van der Waals surface area contributed by atoms with Crippen molar-refractivity contribution in [2.24, 2.45) is 0 Å². The topological polar surface area (TPSA) is 69.3 Å². The molecule has 0 unspecified atom stereocenters. The van der Waals surface area contributed by atoms with Gasteiger partial charge in [-0.2, -0.15) is 0 Å². The summed E-state index contributed by atoms with van der Waals surface area (Å²) in [7, 11) is 8.22. The van der Waals surface area contributed by atoms with E-state index in [1.165, 1.54) is 0 Å². The number of rotatable bonds is 10. The van der Waals surface area contributed by atoms with Crippen molar-refractivity contribution in [1.29, 1.82) is 0 Å². The van der Waals surface area contributed by atoms with E-state index in [0.717, 1.165) is 16.9 Å². The van der Waals surface area contributed by atoms with E-state index < -0.39 is 0 Å². The predicted octanol–water partition coefficient (Wildman–Crippen LogP) is 2.47. The van der Waals surface area contributed by atoms with Crippen molar-refractivity contribution in [1.82, 2.24) is 10.2 Å². The van der Waals surface area contributed by atoms with Crippen molar-refractivity contribution in [2.45, 2.75) is 13.1 Å². The van der Waals surface area contributed by atoms with Crippen LogP contribution in [0.4, 0.5) is 0 Å². The van der Waals surface area contributed by atoms with E-state index in [2.05, 4.69) is 5.32 Å². The third kappa shape index (κ3) is 5.79. The Morgan fingerprint density at radius 2 is 1.61 bits per heavy atom. The van der Waals surface area contributed by atoms with Crippen LogP contribution in [0.25, 0.3) is 0 Å². The molecule has 0 fully saturated rings. The molecular weight excluding hydrogens is 360 g/mol. The monoisotopic (exact) mass is 388 g/mol. The lowest BCUT2D eigenvalue weighted by Crippen LogP contribution is -2.34. The first-order valence-corrected chi connectivity index (χ1v) is 8.87. The first kappa shape index (κ1) is 21.4. The standard InChI is InChI=1S/C21H28N2O5/c1-23(13-15-7-6-8-17(9-15)25-2)14-20(24)22-12-16-10-18(26-3)21(28-5)19(11-16)27-4/h6-11H,12-14H2,1-5H3,(H,22,24). The fourth-order valence-electron chi connectivity index (χ4n) is 2.88. The number of likely N-dealkylation sites (N-methyl/N-ethyl adjacent to an activating group) is 1. The van der Waals surface area contributed by atoms with Crippen molar-refractivity contribution in [3.63, 3.8) is 0 Å². The maximum atomic E-state index is 12.3. The van der Waals surface area contributed by atoms with Crippen LogP contribution >= 0.6 is 0 Å². The summed E-state index contributed by atoms with van der Waals surface area (Å²) in [6.07, 6.45) is 0. The van der Waals surface area contributed by atoms with E-state index in [1.807, 2.05) is 48.3 Å². The molecule has 0 bridgehead atoms. The maximum Gasteiger partial charge on any atom is 0.234 e. The van der Waals surface area contributed by atoms with Gasteiger partial charge in [-0.15, -0.1) is 0 Å². The molecule has 28 heavy (non-hydrogen) atoms. The molecule has 0 atom stereocenters. The molecule has 0 saturated carbocycles. The molecule has 0 aliphatic carbocycles. The Morgan fingerprint density at radius 1 is 0.929 bits per heavy atom. The molecule has 0 aromatic heterocycles. The van der Waals surface area contributed by atoms with Gasteiger partial charge in [0.15, 0.2) is 11.5 Å². The van der Waals surface area contributed by atoms with Crippen molar-refractivity contribution < 1.29 is 23.7 Å². The lowest BCUT2D eigenvalue weighted by atomic mass is 10.1. The summed E-state index contributed by atoms with van der Waals surface area (Å²) in [4.78, 5) is 14.3. The van der Waals surface area contributed by atoms with Crippen molar-refractivity contribution in [3.05, 3.63) is 47.5 Å². The number of methoxy groups -OCH3 is 4. The summed E-state index contributed by atoms with van der Waals surface area (Å²) in [5.41, 5.74) is 1.94. The smallest absolute Gasteiger partial charge is 0.234 e. The van der Waals surface area contributed by atoms with E-state index in [0.29, 0.717) is 30.3 Å². The highest BCUT2D eigenvalue weighted by atomic mass is 16.5. The highest BCUT2D eigenvalue weighted by Crippen LogP contribution is 2.38. The molecule has 0 aliphatic heterocycles. The van der Waals surface area contributed by atoms with Gasteiger partial charge in [-0.25, -0.2) is 0 Å². The fraction of sp³-hybridized carbons (Fsp3) is 0.381. The summed E-state index contributed by atoms with van der Waals surface area (Å²) in [6, 6.07) is 11.4. The van der Waals surface area contributed by atoms with Crippen molar-refractivity contribution >= 4 is 5.91 Å². The first-order chi connectivity index (χ1) is 13.5. The van der Waals surface area contributed by atoms with Gasteiger partial charge in [0, 0.05) is 13.1 Å². The van der Waals surface area contributed by atoms with Gasteiger partial charge in [0.2, 0.25) is 11.7 Å². The molecule has 2 aromatic carbocycles. The molecular formula is C21H28N2O5. The molecule has 7 nitrogen and oxygen atoms in total. The van der Waals surface area contributed by atoms with Crippen LogP contribution in [0.5, 0.6) is 23.0 Å². The molecule has 2 aromatic rings. The third-order valence-electron chi connectivity index (χ3n) is 4.21. The molecule has 0 aliphatic rings. The van der Waals surface area contributed by atoms with Crippen molar-refractivity contribution in [2.75, 3.05) is 42.0 Å². The van der Waals surface area contributed by atoms with Gasteiger partial charge in [0.25, 0.3) is 0 Å². The number of carbonyl (C=O) groups excluding carboxylic acids is 1. The second-order valence-electron chi connectivity index (χ2n) is 6.33. The minimum absolute atomic E-state index is 0.0702. The summed E-state index contributed by atoms with van der Waals surface area (Å²) in [6.45, 7) is 1.29. The zero-order valence-electron chi connectivity index (χ0n) is 17.1. The minimum atomic E-state index is -0.0702. The van der Waals surface area contributed by atoms with Gasteiger partial charge in [0.1, 0.15) is 5.75 Å². The Hall–Kier alpha value is -2.93. The molecule has 2 rings (SSSR count). The number of hydrogen-bond acceptors (Lipinski definition) is 6. The lowest BCUT2D eigenvalue weighted by Gasteiger charge is -2.17. The van der Waals surface area contributed by atoms with Crippen LogP contribution in [-0.4, -0.2) is 52.8 Å². The van der Waals surface area contributed by atoms with Crippen LogP contribution < -0.4 is 24.3 Å². The zero-order valence-corrected chi connectivity index (χ0v) is 17.1. The third-order valence-corrected chi connectivity index (χ3v) is 4.21. The number of hydrogen-bond donors (Lipinski definition) is 1. The summed E-state index contributed by atoms with van der Waals surface area (Å²) in [5.74, 6) is 2.37. The molecule has 152 valence electrons. The van der Waals surface area contributed by atoms with Crippen LogP contribution in [-0.2, 0) is 17.9 Å². The average Bonchev–Trinajstić information content (AvgIpc) is 2.71. The van der Waals surface area contributed by atoms with Crippen LogP contribution in [0.1, 0.15) is 11.1 Å². The van der Waals surface area contributed by atoms with Crippen LogP contribution in [0.15, 0.2) is 36.4 Å². The highest BCUT2D eigenvalue weighted by Gasteiger charge is 2.14. The van der Waals surface area contributed by atoms with E-state index >= 15 is 0 Å². The summed E-state index contributed by atoms with van der Waals surface area (Å²) in [5, 5.41) is 2.92. The Bertz CT molecular complexity index is 769. The summed E-state index contributed by atoms with van der Waals surface area (Å²) >= 11 is 0. The molecule has 0 heterocycles. The highest BCUT2D eigenvalue weighted by molar-refractivity contribution is 5.78. The average molecular weight is 388 g/mol. The molecule has 0 spiro atoms. The number of nitrogens with one attached hydrogen (secondary N) is 1. The van der Waals surface area contributed by atoms with Crippen LogP contribution in [0, 0.1) is 0 Å². The SMILES string of the molecule is COc1cccc(CN(C)CC(=O)NCc2cc(OC)c(OC)c(OC)c2)c1. The van der Waals surface area contributed by atoms with Gasteiger partial charge in [0.05, 0.1) is 35.0 Å². The van der Waals surface area contributed by atoms with Crippen molar-refractivity contribution in [3.8, 4) is 23.0 Å². The van der Waals surface area contributed by atoms with Gasteiger partial charge < -0.3 is 24.3 Å². The lowest BCUT2D eigenvalue weighted by molar-refractivity contribution is -0.122. The van der Waals surface area contributed by atoms with Gasteiger partial charge in [-0.3, -0.25) is 9.69 Å². The Balaban J connectivity index is 1.92. The first-order valence-electron chi connectivity index (χ1n) is 8.87. The van der Waals surface area contributed by atoms with E-state index in [9.17, 15) is 4.79 Å². The van der Waals surface area contributed by atoms with Gasteiger partial charge in [-0.05, 0) is 42.4 Å². The van der Waals surface area contributed by atoms with E-state index in [-0.39, 0.29) is 12.5 Å². The van der Waals surface area contributed by atoms with Crippen LogP contribution in [0.3, 0.4) is 0 Å². The second-order valence-corrected chi connectivity index (χ2v) is 6.33. The zero-order chi connectivity index (χ0) is 20.5. The fourth-order valence-corrected chi connectivity index (χ4v) is 2.88. The normalized spacial score (nSPS) is 10.5. The predicted molar refractivity (Wildman–Crippen MR) is 107 cm³/mol. The molecule has 0 radical (unpaired) electrons. The van der Waals surface area contributed by atoms with Gasteiger partial charge >= 0.3 is 0 Å².